The van der Waals surface area contributed by atoms with Crippen LogP contribution in [0.4, 0.5) is 20.4 Å². The number of nitrogens with zero attached hydrogens (tertiary/aromatic N) is 3. The van der Waals surface area contributed by atoms with Crippen molar-refractivity contribution in [3.8, 4) is 0 Å². The van der Waals surface area contributed by atoms with Gasteiger partial charge >= 0.3 is 0 Å². The Hall–Kier alpha value is -2.06. The summed E-state index contributed by atoms with van der Waals surface area (Å²) in [7, 11) is 0. The van der Waals surface area contributed by atoms with Crippen LogP contribution in [0, 0.1) is 0 Å². The molecule has 1 fully saturated rings. The summed E-state index contributed by atoms with van der Waals surface area (Å²) in [5.41, 5.74) is 1.32. The SMILES string of the molecule is CC1CN(c2nc3ccccc3nc2NCC(F)(F)CO)CC(C)O1. The van der Waals surface area contributed by atoms with Gasteiger partial charge in [0.05, 0.1) is 29.8 Å². The minimum absolute atomic E-state index is 0.00348. The smallest absolute Gasteiger partial charge is 0.287 e. The van der Waals surface area contributed by atoms with Crippen LogP contribution >= 0.6 is 0 Å². The molecule has 0 aliphatic carbocycles. The summed E-state index contributed by atoms with van der Waals surface area (Å²) >= 11 is 0. The zero-order chi connectivity index (χ0) is 18.0. The van der Waals surface area contributed by atoms with Gasteiger partial charge in [-0.1, -0.05) is 12.1 Å². The van der Waals surface area contributed by atoms with Gasteiger partial charge in [0.25, 0.3) is 5.92 Å². The first-order chi connectivity index (χ1) is 11.9. The minimum atomic E-state index is -3.23. The number of anilines is 2. The lowest BCUT2D eigenvalue weighted by atomic mass is 10.2. The molecule has 8 heteroatoms. The van der Waals surface area contributed by atoms with Gasteiger partial charge in [-0.05, 0) is 26.0 Å². The van der Waals surface area contributed by atoms with Crippen molar-refractivity contribution in [3.63, 3.8) is 0 Å². The first-order valence-electron chi connectivity index (χ1n) is 8.28. The second-order valence-electron chi connectivity index (χ2n) is 6.41. The summed E-state index contributed by atoms with van der Waals surface area (Å²) in [5, 5.41) is 11.4. The van der Waals surface area contributed by atoms with Crippen molar-refractivity contribution in [2.75, 3.05) is 36.5 Å². The highest BCUT2D eigenvalue weighted by molar-refractivity contribution is 5.80. The third kappa shape index (κ3) is 4.13. The van der Waals surface area contributed by atoms with Gasteiger partial charge in [-0.2, -0.15) is 0 Å². The number of hydrogen-bond donors (Lipinski definition) is 2. The van der Waals surface area contributed by atoms with Crippen LogP contribution in [0.3, 0.4) is 0 Å². The molecule has 2 unspecified atom stereocenters. The van der Waals surface area contributed by atoms with Crippen molar-refractivity contribution in [3.05, 3.63) is 24.3 Å². The standard InChI is InChI=1S/C17H22F2N4O2/c1-11-7-23(8-12(2)25-11)16-15(20-9-17(18,19)10-24)21-13-5-3-4-6-14(13)22-16/h3-6,11-12,24H,7-10H2,1-2H3,(H,20,21). The molecule has 0 bridgehead atoms. The number of ether oxygens (including phenoxy) is 1. The number of alkyl halides is 2. The Morgan fingerprint density at radius 2 is 1.80 bits per heavy atom. The van der Waals surface area contributed by atoms with E-state index in [1.54, 1.807) is 6.07 Å². The Bertz CT molecular complexity index is 734. The molecular formula is C17H22F2N4O2. The van der Waals surface area contributed by atoms with Gasteiger partial charge in [0.15, 0.2) is 11.6 Å². The van der Waals surface area contributed by atoms with E-state index in [0.717, 1.165) is 0 Å². The van der Waals surface area contributed by atoms with Crippen LogP contribution in [0.25, 0.3) is 11.0 Å². The molecule has 1 aliphatic heterocycles. The Morgan fingerprint density at radius 3 is 2.40 bits per heavy atom. The lowest BCUT2D eigenvalue weighted by Crippen LogP contribution is -2.46. The quantitative estimate of drug-likeness (QED) is 0.860. The van der Waals surface area contributed by atoms with Crippen LogP contribution in [0.2, 0.25) is 0 Å². The molecule has 25 heavy (non-hydrogen) atoms. The Morgan fingerprint density at radius 1 is 1.20 bits per heavy atom. The highest BCUT2D eigenvalue weighted by Gasteiger charge is 2.30. The summed E-state index contributed by atoms with van der Waals surface area (Å²) in [6, 6.07) is 7.30. The van der Waals surface area contributed by atoms with E-state index in [2.05, 4.69) is 15.3 Å². The van der Waals surface area contributed by atoms with Gasteiger partial charge in [-0.15, -0.1) is 0 Å². The van der Waals surface area contributed by atoms with Crippen LogP contribution in [0.5, 0.6) is 0 Å². The van der Waals surface area contributed by atoms with Crippen molar-refractivity contribution in [1.82, 2.24) is 9.97 Å². The van der Waals surface area contributed by atoms with Crippen LogP contribution in [0.15, 0.2) is 24.3 Å². The zero-order valence-corrected chi connectivity index (χ0v) is 14.2. The van der Waals surface area contributed by atoms with Crippen LogP contribution in [-0.4, -0.2) is 59.4 Å². The van der Waals surface area contributed by atoms with Gasteiger partial charge in [0, 0.05) is 13.1 Å². The third-order valence-corrected chi connectivity index (χ3v) is 4.02. The first-order valence-corrected chi connectivity index (χ1v) is 8.28. The molecule has 2 aromatic rings. The van der Waals surface area contributed by atoms with Gasteiger partial charge in [-0.25, -0.2) is 18.7 Å². The maximum atomic E-state index is 13.5. The first kappa shape index (κ1) is 17.8. The molecule has 1 saturated heterocycles. The highest BCUT2D eigenvalue weighted by atomic mass is 19.3. The van der Waals surface area contributed by atoms with Gasteiger partial charge in [0.1, 0.15) is 6.61 Å². The molecule has 3 rings (SSSR count). The summed E-state index contributed by atoms with van der Waals surface area (Å²) < 4.78 is 32.6. The molecular weight excluding hydrogens is 330 g/mol. The molecule has 0 saturated carbocycles. The predicted octanol–water partition coefficient (Wildman–Crippen LogP) is 2.28. The lowest BCUT2D eigenvalue weighted by molar-refractivity contribution is -0.0373. The number of aliphatic hydroxyl groups excluding tert-OH is 1. The third-order valence-electron chi connectivity index (χ3n) is 4.02. The average molecular weight is 352 g/mol. The number of benzene rings is 1. The fraction of sp³-hybridized carbons (Fsp3) is 0.529. The largest absolute Gasteiger partial charge is 0.390 e. The molecule has 1 aromatic carbocycles. The number of aromatic nitrogens is 2. The monoisotopic (exact) mass is 352 g/mol. The molecule has 2 N–H and O–H groups in total. The van der Waals surface area contributed by atoms with E-state index >= 15 is 0 Å². The predicted molar refractivity (Wildman–Crippen MR) is 92.3 cm³/mol. The summed E-state index contributed by atoms with van der Waals surface area (Å²) in [6.45, 7) is 3.19. The van der Waals surface area contributed by atoms with E-state index in [1.165, 1.54) is 0 Å². The minimum Gasteiger partial charge on any atom is -0.390 e. The van der Waals surface area contributed by atoms with Crippen molar-refractivity contribution in [2.24, 2.45) is 0 Å². The highest BCUT2D eigenvalue weighted by Crippen LogP contribution is 2.28. The number of hydrogen-bond acceptors (Lipinski definition) is 6. The van der Waals surface area contributed by atoms with Crippen LogP contribution in [-0.2, 0) is 4.74 Å². The van der Waals surface area contributed by atoms with E-state index < -0.39 is 19.1 Å². The summed E-state index contributed by atoms with van der Waals surface area (Å²) in [4.78, 5) is 11.1. The molecule has 0 spiro atoms. The maximum Gasteiger partial charge on any atom is 0.287 e. The number of aliphatic hydroxyl groups is 1. The summed E-state index contributed by atoms with van der Waals surface area (Å²) in [5.74, 6) is -2.42. The summed E-state index contributed by atoms with van der Waals surface area (Å²) in [6.07, 6.45) is 0.00695. The second kappa shape index (κ2) is 7.05. The number of morpholine rings is 1. The lowest BCUT2D eigenvalue weighted by Gasteiger charge is -2.36. The Labute approximate surface area is 144 Å². The molecule has 0 amide bonds. The zero-order valence-electron chi connectivity index (χ0n) is 14.2. The fourth-order valence-corrected chi connectivity index (χ4v) is 2.95. The molecule has 1 aliphatic rings. The van der Waals surface area contributed by atoms with Crippen molar-refractivity contribution >= 4 is 22.7 Å². The normalized spacial score (nSPS) is 21.6. The second-order valence-corrected chi connectivity index (χ2v) is 6.41. The van der Waals surface area contributed by atoms with E-state index in [4.69, 9.17) is 9.84 Å². The van der Waals surface area contributed by atoms with Crippen molar-refractivity contribution in [1.29, 1.82) is 0 Å². The van der Waals surface area contributed by atoms with Crippen LogP contribution < -0.4 is 10.2 Å². The molecule has 2 atom stereocenters. The number of para-hydroxylation sites is 2. The van der Waals surface area contributed by atoms with E-state index in [9.17, 15) is 8.78 Å². The molecule has 1 aromatic heterocycles. The molecule has 6 nitrogen and oxygen atoms in total. The topological polar surface area (TPSA) is 70.5 Å². The van der Waals surface area contributed by atoms with Crippen molar-refractivity contribution < 1.29 is 18.6 Å². The average Bonchev–Trinajstić information content (AvgIpc) is 2.58. The van der Waals surface area contributed by atoms with Gasteiger partial charge < -0.3 is 20.1 Å². The molecule has 2 heterocycles. The van der Waals surface area contributed by atoms with E-state index in [1.807, 2.05) is 36.9 Å². The number of nitrogens with one attached hydrogen (secondary N) is 1. The fourth-order valence-electron chi connectivity index (χ4n) is 2.95. The Kier molecular flexibility index (Phi) is 5.01. The Balaban J connectivity index is 1.97. The van der Waals surface area contributed by atoms with E-state index in [-0.39, 0.29) is 18.0 Å². The maximum absolute atomic E-state index is 13.5. The number of halogens is 2. The molecule has 136 valence electrons. The number of fused-ring (bicyclic) bond motifs is 1. The number of rotatable bonds is 5. The molecule has 0 radical (unpaired) electrons. The van der Waals surface area contributed by atoms with Gasteiger partial charge in [0.2, 0.25) is 0 Å². The van der Waals surface area contributed by atoms with Gasteiger partial charge in [-0.3, -0.25) is 0 Å². The van der Waals surface area contributed by atoms with E-state index in [0.29, 0.717) is 29.9 Å². The van der Waals surface area contributed by atoms with Crippen LogP contribution in [0.1, 0.15) is 13.8 Å². The van der Waals surface area contributed by atoms with Crippen molar-refractivity contribution in [2.45, 2.75) is 32.0 Å².